The summed E-state index contributed by atoms with van der Waals surface area (Å²) in [6, 6.07) is 32.6. The molecule has 2 amide bonds. The summed E-state index contributed by atoms with van der Waals surface area (Å²) in [7, 11) is -16.6. The summed E-state index contributed by atoms with van der Waals surface area (Å²) in [5, 5.41) is 8.30. The Hall–Kier alpha value is -6.81. The van der Waals surface area contributed by atoms with Crippen LogP contribution in [-0.2, 0) is 70.3 Å². The van der Waals surface area contributed by atoms with E-state index in [0.29, 0.717) is 82.8 Å². The highest BCUT2D eigenvalue weighted by atomic mass is 32.2. The lowest BCUT2D eigenvalue weighted by Gasteiger charge is -2.30. The summed E-state index contributed by atoms with van der Waals surface area (Å²) < 4.78 is 156. The number of unbranched alkanes of at least 4 members (excludes halogenated alkanes) is 2. The van der Waals surface area contributed by atoms with Crippen molar-refractivity contribution in [2.24, 2.45) is 0 Å². The minimum atomic E-state index is -4.71. The number of methoxy groups -OCH3 is 2. The molecule has 90 heavy (non-hydrogen) atoms. The van der Waals surface area contributed by atoms with Crippen molar-refractivity contribution in [2.45, 2.75) is 85.8 Å². The summed E-state index contributed by atoms with van der Waals surface area (Å²) in [5.74, 6) is -2.37. The molecule has 2 heterocycles. The number of nitrogens with zero attached hydrogens (tertiary/aromatic N) is 2. The SMILES string of the molecule is COCCOCCN1C(=CC=CC=CC2=[N+](CCCCCC(=O)NCCNC(=O)c3ccc(C(=O)OC)c(P(c4ccccc4)c4ccccc4)c3)c3ccc(S(=O)(=O)O)cc3C2(C)CCCS(=O)(=O)O)C(C)(CCCS(=O)(=O)O)c2cc(S(=O)(=O)O)ccc21. The van der Waals surface area contributed by atoms with Crippen LogP contribution >= 0.6 is 7.92 Å². The molecule has 2 aliphatic heterocycles. The third-order valence-corrected chi connectivity index (χ3v) is 21.5. The fourth-order valence-corrected chi connectivity index (χ4v) is 15.9. The first-order valence-corrected chi connectivity index (χ1v) is 36.4. The van der Waals surface area contributed by atoms with Gasteiger partial charge in [0.25, 0.3) is 46.4 Å². The quantitative estimate of drug-likeness (QED) is 0.00617. The Labute approximate surface area is 527 Å². The predicted octanol–water partition coefficient (Wildman–Crippen LogP) is 6.96. The second-order valence-electron chi connectivity index (χ2n) is 22.0. The molecule has 0 aliphatic carbocycles. The molecule has 6 N–H and O–H groups in total. The molecular weight excluding hydrogens is 1260 g/mol. The smallest absolute Gasteiger partial charge is 0.338 e. The molecule has 0 saturated heterocycles. The Balaban J connectivity index is 1.09. The van der Waals surface area contributed by atoms with Crippen LogP contribution in [0.2, 0.25) is 0 Å². The van der Waals surface area contributed by atoms with Gasteiger partial charge in [-0.1, -0.05) is 78.9 Å². The molecule has 27 heteroatoms. The van der Waals surface area contributed by atoms with Gasteiger partial charge in [0.2, 0.25) is 11.6 Å². The molecule has 0 bridgehead atoms. The number of esters is 1. The van der Waals surface area contributed by atoms with E-state index < -0.39 is 82.6 Å². The third kappa shape index (κ3) is 18.5. The van der Waals surface area contributed by atoms with Gasteiger partial charge in [0.15, 0.2) is 5.71 Å². The number of carbonyl (C=O) groups excluding carboxylic acids is 3. The minimum Gasteiger partial charge on any atom is -0.465 e. The maximum absolute atomic E-state index is 13.6. The molecule has 0 saturated carbocycles. The van der Waals surface area contributed by atoms with Gasteiger partial charge >= 0.3 is 5.97 Å². The van der Waals surface area contributed by atoms with Gasteiger partial charge in [0.1, 0.15) is 6.54 Å². The normalized spacial score (nSPS) is 17.4. The number of anilines is 1. The lowest BCUT2D eigenvalue weighted by Crippen LogP contribution is -2.35. The van der Waals surface area contributed by atoms with Crippen LogP contribution in [0.3, 0.4) is 0 Å². The first-order valence-electron chi connectivity index (χ1n) is 29.0. The Bertz CT molecular complexity index is 3980. The Morgan fingerprint density at radius 2 is 1.23 bits per heavy atom. The van der Waals surface area contributed by atoms with E-state index in [1.807, 2.05) is 70.1 Å². The van der Waals surface area contributed by atoms with E-state index in [4.69, 9.17) is 14.2 Å². The second kappa shape index (κ2) is 31.0. The highest BCUT2D eigenvalue weighted by Gasteiger charge is 2.48. The fraction of sp³-hybridized carbons (Fsp3) is 0.365. The van der Waals surface area contributed by atoms with Crippen LogP contribution < -0.4 is 31.4 Å². The van der Waals surface area contributed by atoms with Gasteiger partial charge in [-0.3, -0.25) is 27.8 Å². The van der Waals surface area contributed by atoms with Crippen LogP contribution in [0.4, 0.5) is 11.4 Å². The van der Waals surface area contributed by atoms with E-state index in [9.17, 15) is 66.3 Å². The molecule has 5 aromatic carbocycles. The van der Waals surface area contributed by atoms with Crippen LogP contribution in [0.1, 0.15) is 97.1 Å². The summed E-state index contributed by atoms with van der Waals surface area (Å²) in [5.41, 5.74) is 1.75. The Kier molecular flexibility index (Phi) is 24.3. The van der Waals surface area contributed by atoms with Gasteiger partial charge in [-0.25, -0.2) is 4.79 Å². The molecule has 0 fully saturated rings. The molecule has 2 aliphatic rings. The zero-order valence-electron chi connectivity index (χ0n) is 50.4. The minimum absolute atomic E-state index is 0.0313. The number of benzene rings is 5. The number of ether oxygens (including phenoxy) is 3. The number of allylic oxidation sites excluding steroid dienone is 6. The van der Waals surface area contributed by atoms with E-state index in [2.05, 4.69) is 10.6 Å². The van der Waals surface area contributed by atoms with Gasteiger partial charge in [-0.15, -0.1) is 0 Å². The average molecular weight is 1340 g/mol. The van der Waals surface area contributed by atoms with Crippen LogP contribution in [0.15, 0.2) is 161 Å². The molecule has 22 nitrogen and oxygen atoms in total. The zero-order chi connectivity index (χ0) is 65.5. The van der Waals surface area contributed by atoms with Crippen molar-refractivity contribution in [3.63, 3.8) is 0 Å². The predicted molar refractivity (Wildman–Crippen MR) is 345 cm³/mol. The van der Waals surface area contributed by atoms with E-state index in [0.717, 1.165) is 10.6 Å². The van der Waals surface area contributed by atoms with Gasteiger partial charge in [0, 0.05) is 85.0 Å². The number of rotatable bonds is 33. The third-order valence-electron chi connectivity index (χ3n) is 15.7. The van der Waals surface area contributed by atoms with E-state index in [1.54, 1.807) is 74.6 Å². The molecule has 2 unspecified atom stereocenters. The first kappa shape index (κ1) is 70.6. The van der Waals surface area contributed by atoms with Crippen molar-refractivity contribution in [1.82, 2.24) is 10.6 Å². The summed E-state index contributed by atoms with van der Waals surface area (Å²) in [6.07, 6.45) is 10.4. The molecule has 7 rings (SSSR count). The van der Waals surface area contributed by atoms with E-state index in [1.165, 1.54) is 38.5 Å². The lowest BCUT2D eigenvalue weighted by molar-refractivity contribution is -0.438. The molecule has 0 radical (unpaired) electrons. The van der Waals surface area contributed by atoms with Crippen LogP contribution in [0.25, 0.3) is 0 Å². The van der Waals surface area contributed by atoms with Crippen molar-refractivity contribution in [2.75, 3.05) is 76.6 Å². The number of fused-ring (bicyclic) bond motifs is 2. The molecular formula is C63H76N4O18PS4+. The van der Waals surface area contributed by atoms with E-state index in [-0.39, 0.29) is 80.7 Å². The van der Waals surface area contributed by atoms with Crippen molar-refractivity contribution >= 4 is 99.2 Å². The van der Waals surface area contributed by atoms with Crippen LogP contribution in [0, 0.1) is 0 Å². The van der Waals surface area contributed by atoms with E-state index >= 15 is 0 Å². The van der Waals surface area contributed by atoms with Crippen LogP contribution in [0.5, 0.6) is 0 Å². The largest absolute Gasteiger partial charge is 0.465 e. The maximum Gasteiger partial charge on any atom is 0.338 e. The number of hydrogen-bond acceptors (Lipinski definition) is 15. The second-order valence-corrected chi connectivity index (χ2v) is 30.2. The van der Waals surface area contributed by atoms with Crippen LogP contribution in [-0.4, -0.2) is 152 Å². The summed E-state index contributed by atoms with van der Waals surface area (Å²) in [6.45, 7) is 5.21. The number of amides is 2. The first-order chi connectivity index (χ1) is 42.6. The maximum atomic E-state index is 13.6. The van der Waals surface area contributed by atoms with Crippen molar-refractivity contribution in [3.05, 3.63) is 174 Å². The summed E-state index contributed by atoms with van der Waals surface area (Å²) in [4.78, 5) is 41.0. The molecule has 2 atom stereocenters. The average Bonchev–Trinajstić information content (AvgIpc) is 1.58. The number of carbonyl (C=O) groups is 3. The van der Waals surface area contributed by atoms with Gasteiger partial charge in [-0.05, 0) is 131 Å². The van der Waals surface area contributed by atoms with Gasteiger partial charge in [-0.2, -0.15) is 38.2 Å². The molecule has 0 spiro atoms. The molecule has 5 aromatic rings. The number of nitrogens with one attached hydrogen (secondary N) is 2. The topological polar surface area (TPSA) is 327 Å². The lowest BCUT2D eigenvalue weighted by atomic mass is 9.76. The highest BCUT2D eigenvalue weighted by Crippen LogP contribution is 2.51. The van der Waals surface area contributed by atoms with Crippen molar-refractivity contribution in [3.8, 4) is 0 Å². The standard InChI is InChI=1S/C63H75N4O18PS4/c1-62(32-17-41-87(71,72)73)52-44-49(89(77,78)79)27-30-54(52)66(57(62)23-13-7-14-24-58-63(2,33-18-42-88(74,75)76)53-45-50(90(80,81)82)28-31-55(53)67(58)37-38-85-40-39-83-3)36-16-8-15-25-59(68)64-34-35-65-60(69)46-26-29-51(61(70)84-4)56(43-46)86(47-19-9-5-10-20-47)48-21-11-6-12-22-48/h5-7,9-14,19-24,26-31,43-45H,8,15-18,25,32-42H2,1-4H3,(H5-,64,65,68,69,71,72,73,74,75,76,77,78,79,80,81,82)/p+1. The fourth-order valence-electron chi connectivity index (χ4n) is 11.4. The molecule has 484 valence electrons. The zero-order valence-corrected chi connectivity index (χ0v) is 54.5. The molecule has 0 aromatic heterocycles. The van der Waals surface area contributed by atoms with Crippen molar-refractivity contribution < 1.29 is 85.1 Å². The monoisotopic (exact) mass is 1340 g/mol. The van der Waals surface area contributed by atoms with Gasteiger partial charge < -0.3 is 29.7 Å². The highest BCUT2D eigenvalue weighted by molar-refractivity contribution is 7.86. The summed E-state index contributed by atoms with van der Waals surface area (Å²) >= 11 is 0. The Morgan fingerprint density at radius 1 is 0.633 bits per heavy atom. The van der Waals surface area contributed by atoms with Gasteiger partial charge in [0.05, 0.1) is 59.2 Å². The Morgan fingerprint density at radius 3 is 1.83 bits per heavy atom. The number of hydrogen-bond donors (Lipinski definition) is 6. The van der Waals surface area contributed by atoms with Crippen molar-refractivity contribution in [1.29, 1.82) is 0 Å².